The number of hydrogen-bond donors (Lipinski definition) is 1. The van der Waals surface area contributed by atoms with Crippen LogP contribution in [0.3, 0.4) is 0 Å². The third-order valence-electron chi connectivity index (χ3n) is 4.87. The predicted molar refractivity (Wildman–Crippen MR) is 93.3 cm³/mol. The van der Waals surface area contributed by atoms with Gasteiger partial charge in [0, 0.05) is 11.6 Å². The van der Waals surface area contributed by atoms with Gasteiger partial charge in [0.1, 0.15) is 24.0 Å². The number of carboxylic acid groups (broad SMARTS) is 1. The number of aromatic nitrogens is 2. The summed E-state index contributed by atoms with van der Waals surface area (Å²) in [4.78, 5) is 13.3. The van der Waals surface area contributed by atoms with Crippen LogP contribution in [0.2, 0.25) is 0 Å². The average Bonchev–Trinajstić information content (AvgIpc) is 2.61. The van der Waals surface area contributed by atoms with Crippen molar-refractivity contribution >= 4 is 11.9 Å². The van der Waals surface area contributed by atoms with Crippen LogP contribution in [0.25, 0.3) is 0 Å². The van der Waals surface area contributed by atoms with Gasteiger partial charge in [-0.25, -0.2) is 4.57 Å². The van der Waals surface area contributed by atoms with Crippen LogP contribution in [-0.4, -0.2) is 23.7 Å². The highest BCUT2D eigenvalue weighted by atomic mass is 19.4. The molecular weight excluding hydrogens is 375 g/mol. The van der Waals surface area contributed by atoms with Gasteiger partial charge in [0.2, 0.25) is 0 Å². The summed E-state index contributed by atoms with van der Waals surface area (Å²) in [6.45, 7) is 5.24. The largest absolute Gasteiger partial charge is 0.542 e. The molecule has 0 aliphatic carbocycles. The summed E-state index contributed by atoms with van der Waals surface area (Å²) in [7, 11) is 0. The first kappa shape index (κ1) is 21.5. The van der Waals surface area contributed by atoms with Crippen LogP contribution >= 0.6 is 0 Å². The molecule has 152 valence electrons. The second kappa shape index (κ2) is 7.65. The van der Waals surface area contributed by atoms with Crippen molar-refractivity contribution in [3.05, 3.63) is 48.3 Å². The lowest BCUT2D eigenvalue weighted by molar-refractivity contribution is -0.761. The number of anilines is 1. The Labute approximate surface area is 161 Å². The molecule has 3 heterocycles. The minimum absolute atomic E-state index is 0. The highest BCUT2D eigenvalue weighted by Gasteiger charge is 2.50. The van der Waals surface area contributed by atoms with E-state index in [2.05, 4.69) is 47.0 Å². The van der Waals surface area contributed by atoms with Gasteiger partial charge in [-0.05, 0) is 19.9 Å². The first-order valence-corrected chi connectivity index (χ1v) is 8.26. The molecule has 0 bridgehead atoms. The second-order valence-electron chi connectivity index (χ2n) is 6.83. The van der Waals surface area contributed by atoms with Gasteiger partial charge < -0.3 is 14.6 Å². The first-order chi connectivity index (χ1) is 12.6. The van der Waals surface area contributed by atoms with Gasteiger partial charge in [0.15, 0.2) is 0 Å². The lowest BCUT2D eigenvalue weighted by Gasteiger charge is -2.44. The summed E-state index contributed by atoms with van der Waals surface area (Å²) in [6, 6.07) is 10.5. The van der Waals surface area contributed by atoms with E-state index in [0.29, 0.717) is 5.92 Å². The van der Waals surface area contributed by atoms with Crippen LogP contribution in [0, 0.1) is 5.92 Å². The minimum atomic E-state index is -5.19. The fourth-order valence-corrected chi connectivity index (χ4v) is 3.41. The lowest BCUT2D eigenvalue weighted by atomic mass is 9.76. The molecule has 2 aliphatic rings. The topological polar surface area (TPSA) is 78.2 Å². The van der Waals surface area contributed by atoms with Crippen molar-refractivity contribution in [3.63, 3.8) is 0 Å². The molecule has 28 heavy (non-hydrogen) atoms. The maximum absolute atomic E-state index is 10.5. The zero-order valence-corrected chi connectivity index (χ0v) is 14.7. The number of hydrogen-bond acceptors (Lipinski definition) is 5. The van der Waals surface area contributed by atoms with Crippen molar-refractivity contribution in [1.82, 2.24) is 4.98 Å². The summed E-state index contributed by atoms with van der Waals surface area (Å²) in [5.74, 6) is -0.719. The van der Waals surface area contributed by atoms with E-state index >= 15 is 0 Å². The van der Waals surface area contributed by atoms with Crippen LogP contribution < -0.4 is 19.7 Å². The van der Waals surface area contributed by atoms with Crippen molar-refractivity contribution in [1.29, 1.82) is 0 Å². The van der Waals surface area contributed by atoms with Crippen molar-refractivity contribution in [2.24, 2.45) is 5.92 Å². The number of nitrogens with zero attached hydrogens (tertiary/aromatic N) is 2. The highest BCUT2D eigenvalue weighted by molar-refractivity contribution is 5.70. The van der Waals surface area contributed by atoms with Crippen LogP contribution in [0.4, 0.5) is 19.1 Å². The molecule has 2 aromatic rings. The Hall–Kier alpha value is -2.84. The molecule has 1 aromatic carbocycles. The maximum atomic E-state index is 10.5. The molecule has 0 fully saturated rings. The highest BCUT2D eigenvalue weighted by Crippen LogP contribution is 2.44. The number of alkyl halides is 3. The Kier molecular flexibility index (Phi) is 5.86. The summed E-state index contributed by atoms with van der Waals surface area (Å²) in [5, 5.41) is 12.4. The van der Waals surface area contributed by atoms with Gasteiger partial charge in [-0.1, -0.05) is 30.6 Å². The molecular formula is C19H22F3N3O3. The fraction of sp³-hybridized carbons (Fsp3) is 0.421. The predicted octanol–water partition coefficient (Wildman–Crippen LogP) is 2.21. The van der Waals surface area contributed by atoms with Gasteiger partial charge in [0.25, 0.3) is 0 Å². The maximum Gasteiger partial charge on any atom is 0.430 e. The van der Waals surface area contributed by atoms with Crippen molar-refractivity contribution in [3.8, 4) is 5.75 Å². The molecule has 0 amide bonds. The van der Waals surface area contributed by atoms with E-state index < -0.39 is 12.1 Å². The van der Waals surface area contributed by atoms with Gasteiger partial charge in [-0.2, -0.15) is 13.2 Å². The Bertz CT molecular complexity index is 856. The molecule has 0 saturated carbocycles. The van der Waals surface area contributed by atoms with Gasteiger partial charge in [-0.3, -0.25) is 5.32 Å². The summed E-state index contributed by atoms with van der Waals surface area (Å²) in [6.07, 6.45) is -1.27. The molecule has 0 saturated heterocycles. The van der Waals surface area contributed by atoms with Gasteiger partial charge >= 0.3 is 12.1 Å². The number of fused-ring (bicyclic) bond motifs is 4. The van der Waals surface area contributed by atoms with Crippen LogP contribution in [0.15, 0.2) is 42.7 Å². The Morgan fingerprint density at radius 2 is 1.96 bits per heavy atom. The molecule has 1 aromatic heterocycles. The van der Waals surface area contributed by atoms with E-state index in [9.17, 15) is 13.2 Å². The van der Waals surface area contributed by atoms with Crippen molar-refractivity contribution in [2.75, 3.05) is 11.9 Å². The van der Waals surface area contributed by atoms with E-state index in [1.807, 2.05) is 24.4 Å². The number of ether oxygens (including phenoxy) is 1. The molecule has 9 heteroatoms. The molecule has 0 radical (unpaired) electrons. The fourth-order valence-electron chi connectivity index (χ4n) is 3.41. The zero-order valence-electron chi connectivity index (χ0n) is 14.7. The zero-order chi connectivity index (χ0) is 19.8. The number of nitrogens with one attached hydrogen (secondary N) is 1. The standard InChI is InChI=1S/C16H17N3O.C2HF3O2.CH4/c1-16(2)12-10-20-13-7-4-3-6-11(13)14(12)18-15-17-8-5-9-19(15)16;3-2(4,5)1(6)7;/h3-9,12,14H,10H2,1-2H3;(H,6,7);1H4/t12-,14-;;/m0../s1. The van der Waals surface area contributed by atoms with Gasteiger partial charge in [-0.15, -0.1) is 0 Å². The second-order valence-corrected chi connectivity index (χ2v) is 6.83. The van der Waals surface area contributed by atoms with Crippen molar-refractivity contribution in [2.45, 2.75) is 39.0 Å². The van der Waals surface area contributed by atoms with Gasteiger partial charge in [0.05, 0.1) is 24.3 Å². The Balaban J connectivity index is 0.000000306. The minimum Gasteiger partial charge on any atom is -0.542 e. The summed E-state index contributed by atoms with van der Waals surface area (Å²) >= 11 is 0. The molecule has 1 N–H and O–H groups in total. The molecule has 0 spiro atoms. The summed E-state index contributed by atoms with van der Waals surface area (Å²) < 4.78 is 39.7. The number of para-hydroxylation sites is 1. The molecule has 2 aliphatic heterocycles. The van der Waals surface area contributed by atoms with Crippen LogP contribution in [0.5, 0.6) is 5.75 Å². The monoisotopic (exact) mass is 397 g/mol. The number of carbonyl (C=O) groups is 1. The van der Waals surface area contributed by atoms with E-state index in [4.69, 9.17) is 14.6 Å². The van der Waals surface area contributed by atoms with Crippen LogP contribution in [0.1, 0.15) is 32.9 Å². The normalized spacial score (nSPS) is 21.0. The molecule has 0 unspecified atom stereocenters. The summed E-state index contributed by atoms with van der Waals surface area (Å²) in [5.41, 5.74) is 1.20. The number of rotatable bonds is 0. The number of halogens is 3. The SMILES string of the molecule is C.CC1(C)[C@H]2COc3ccccc3[C@@H]2Nc2nccc[n+]21.O=C([O-])C(F)(F)F. The molecule has 4 rings (SSSR count). The van der Waals surface area contributed by atoms with E-state index in [1.165, 1.54) is 5.56 Å². The third-order valence-corrected chi connectivity index (χ3v) is 4.87. The van der Waals surface area contributed by atoms with E-state index in [0.717, 1.165) is 18.3 Å². The smallest absolute Gasteiger partial charge is 0.430 e. The molecule has 2 atom stereocenters. The lowest BCUT2D eigenvalue weighted by Crippen LogP contribution is -2.65. The van der Waals surface area contributed by atoms with E-state index in [-0.39, 0.29) is 19.0 Å². The third kappa shape index (κ3) is 3.88. The first-order valence-electron chi connectivity index (χ1n) is 8.26. The number of aliphatic carboxylic acids is 1. The number of carbonyl (C=O) groups excluding carboxylic acids is 1. The number of benzene rings is 1. The van der Waals surface area contributed by atoms with Crippen LogP contribution in [-0.2, 0) is 10.3 Å². The quantitative estimate of drug-likeness (QED) is 0.690. The number of carboxylic acids is 1. The Morgan fingerprint density at radius 3 is 2.61 bits per heavy atom. The van der Waals surface area contributed by atoms with Crippen molar-refractivity contribution < 1.29 is 32.4 Å². The average molecular weight is 397 g/mol. The molecule has 6 nitrogen and oxygen atoms in total. The van der Waals surface area contributed by atoms with E-state index in [1.54, 1.807) is 0 Å². The Morgan fingerprint density at radius 1 is 1.32 bits per heavy atom.